The molecule has 1 rings (SSSR count). The summed E-state index contributed by atoms with van der Waals surface area (Å²) in [6.45, 7) is 3.71. The third-order valence-electron chi connectivity index (χ3n) is 1.83. The molecule has 0 bridgehead atoms. The third kappa shape index (κ3) is 1.21. The molecule has 1 N–H and O–H groups in total. The Hall–Kier alpha value is -0.760. The molecule has 0 amide bonds. The van der Waals surface area contributed by atoms with E-state index in [1.807, 2.05) is 6.92 Å². The van der Waals surface area contributed by atoms with Crippen LogP contribution in [0.1, 0.15) is 25.8 Å². The Labute approximate surface area is 60.5 Å². The molecule has 2 heteroatoms. The fourth-order valence-corrected chi connectivity index (χ4v) is 0.775. The van der Waals surface area contributed by atoms with Crippen molar-refractivity contribution < 1.29 is 9.52 Å². The van der Waals surface area contributed by atoms with E-state index in [9.17, 15) is 5.11 Å². The van der Waals surface area contributed by atoms with Crippen molar-refractivity contribution in [3.63, 3.8) is 0 Å². The van der Waals surface area contributed by atoms with Gasteiger partial charge in [0.25, 0.3) is 0 Å². The zero-order valence-electron chi connectivity index (χ0n) is 6.29. The first-order valence-electron chi connectivity index (χ1n) is 3.42. The molecule has 0 fully saturated rings. The van der Waals surface area contributed by atoms with Gasteiger partial charge in [-0.05, 0) is 19.4 Å². The topological polar surface area (TPSA) is 33.4 Å². The molecule has 0 aromatic carbocycles. The fraction of sp³-hybridized carbons (Fsp3) is 0.500. The third-order valence-corrected chi connectivity index (χ3v) is 1.83. The van der Waals surface area contributed by atoms with Crippen molar-refractivity contribution in [2.24, 2.45) is 0 Å². The molecule has 1 heterocycles. The Morgan fingerprint density at radius 3 is 2.80 bits per heavy atom. The molecule has 0 saturated heterocycles. The highest BCUT2D eigenvalue weighted by Crippen LogP contribution is 2.23. The Bertz CT molecular complexity index is 187. The second-order valence-corrected chi connectivity index (χ2v) is 2.64. The van der Waals surface area contributed by atoms with E-state index in [1.165, 1.54) is 0 Å². The van der Waals surface area contributed by atoms with E-state index < -0.39 is 5.60 Å². The minimum atomic E-state index is -0.729. The van der Waals surface area contributed by atoms with Gasteiger partial charge in [0, 0.05) is 5.56 Å². The Kier molecular flexibility index (Phi) is 1.81. The van der Waals surface area contributed by atoms with Gasteiger partial charge < -0.3 is 9.52 Å². The van der Waals surface area contributed by atoms with Gasteiger partial charge in [-0.2, -0.15) is 0 Å². The molecule has 0 aliphatic carbocycles. The average molecular weight is 140 g/mol. The summed E-state index contributed by atoms with van der Waals surface area (Å²) in [5, 5.41) is 9.62. The number of furan rings is 1. The summed E-state index contributed by atoms with van der Waals surface area (Å²) in [5.41, 5.74) is 0.113. The number of hydrogen-bond acceptors (Lipinski definition) is 2. The van der Waals surface area contributed by atoms with Crippen molar-refractivity contribution in [3.05, 3.63) is 24.2 Å². The lowest BCUT2D eigenvalue weighted by Gasteiger charge is -2.18. The van der Waals surface area contributed by atoms with Crippen LogP contribution >= 0.6 is 0 Å². The predicted molar refractivity (Wildman–Crippen MR) is 38.6 cm³/mol. The molecule has 0 radical (unpaired) electrons. The number of rotatable bonds is 2. The summed E-state index contributed by atoms with van der Waals surface area (Å²) < 4.78 is 4.84. The van der Waals surface area contributed by atoms with Gasteiger partial charge in [0.1, 0.15) is 0 Å². The highest BCUT2D eigenvalue weighted by Gasteiger charge is 2.20. The van der Waals surface area contributed by atoms with Gasteiger partial charge >= 0.3 is 0 Å². The first-order valence-corrected chi connectivity index (χ1v) is 3.42. The van der Waals surface area contributed by atoms with E-state index >= 15 is 0 Å². The molecule has 10 heavy (non-hydrogen) atoms. The number of aliphatic hydroxyl groups is 1. The van der Waals surface area contributed by atoms with Crippen LogP contribution in [0, 0.1) is 0 Å². The summed E-state index contributed by atoms with van der Waals surface area (Å²) in [6, 6.07) is 1.78. The molecular formula is C8H12O2. The van der Waals surface area contributed by atoms with E-state index in [2.05, 4.69) is 0 Å². The Morgan fingerprint density at radius 2 is 2.40 bits per heavy atom. The van der Waals surface area contributed by atoms with E-state index in [0.29, 0.717) is 6.42 Å². The molecular weight excluding hydrogens is 128 g/mol. The smallest absolute Gasteiger partial charge is 0.0963 e. The second-order valence-electron chi connectivity index (χ2n) is 2.64. The Balaban J connectivity index is 2.85. The van der Waals surface area contributed by atoms with Gasteiger partial charge in [-0.1, -0.05) is 6.92 Å². The van der Waals surface area contributed by atoms with Gasteiger partial charge in [-0.15, -0.1) is 0 Å². The summed E-state index contributed by atoms with van der Waals surface area (Å²) in [5.74, 6) is 0. The first-order chi connectivity index (χ1) is 4.67. The van der Waals surface area contributed by atoms with Crippen LogP contribution in [0.2, 0.25) is 0 Å². The minimum absolute atomic E-state index is 0.701. The van der Waals surface area contributed by atoms with Crippen molar-refractivity contribution >= 4 is 0 Å². The molecule has 56 valence electrons. The monoisotopic (exact) mass is 140 g/mol. The van der Waals surface area contributed by atoms with Gasteiger partial charge in [0.2, 0.25) is 0 Å². The van der Waals surface area contributed by atoms with E-state index in [-0.39, 0.29) is 0 Å². The van der Waals surface area contributed by atoms with Crippen LogP contribution in [0.3, 0.4) is 0 Å². The van der Waals surface area contributed by atoms with Gasteiger partial charge in [-0.3, -0.25) is 0 Å². The van der Waals surface area contributed by atoms with Crippen molar-refractivity contribution in [3.8, 4) is 0 Å². The van der Waals surface area contributed by atoms with Crippen molar-refractivity contribution in [1.29, 1.82) is 0 Å². The van der Waals surface area contributed by atoms with Crippen LogP contribution < -0.4 is 0 Å². The lowest BCUT2D eigenvalue weighted by Crippen LogP contribution is -2.18. The summed E-state index contributed by atoms with van der Waals surface area (Å²) in [7, 11) is 0. The normalized spacial score (nSPS) is 16.7. The van der Waals surface area contributed by atoms with Crippen LogP contribution in [0.4, 0.5) is 0 Å². The standard InChI is InChI=1S/C8H12O2/c1-3-8(2,9)7-4-5-10-6-7/h4-6,9H,3H2,1-2H3. The highest BCUT2D eigenvalue weighted by atomic mass is 16.3. The summed E-state index contributed by atoms with van der Waals surface area (Å²) in [6.07, 6.45) is 3.84. The van der Waals surface area contributed by atoms with Gasteiger partial charge in [0.05, 0.1) is 18.1 Å². The average Bonchev–Trinajstić information content (AvgIpc) is 2.38. The van der Waals surface area contributed by atoms with Crippen LogP contribution in [-0.4, -0.2) is 5.11 Å². The second kappa shape index (κ2) is 2.46. The quantitative estimate of drug-likeness (QED) is 0.680. The molecule has 0 aliphatic rings. The van der Waals surface area contributed by atoms with Crippen molar-refractivity contribution in [1.82, 2.24) is 0 Å². The van der Waals surface area contributed by atoms with Gasteiger partial charge in [-0.25, -0.2) is 0 Å². The summed E-state index contributed by atoms with van der Waals surface area (Å²) >= 11 is 0. The van der Waals surface area contributed by atoms with Crippen molar-refractivity contribution in [2.45, 2.75) is 25.9 Å². The first kappa shape index (κ1) is 7.35. The molecule has 2 nitrogen and oxygen atoms in total. The fourth-order valence-electron chi connectivity index (χ4n) is 0.775. The highest BCUT2D eigenvalue weighted by molar-refractivity contribution is 5.14. The van der Waals surface area contributed by atoms with Crippen LogP contribution in [0.5, 0.6) is 0 Å². The lowest BCUT2D eigenvalue weighted by molar-refractivity contribution is 0.0525. The van der Waals surface area contributed by atoms with E-state index in [4.69, 9.17) is 4.42 Å². The maximum Gasteiger partial charge on any atom is 0.0963 e. The van der Waals surface area contributed by atoms with E-state index in [1.54, 1.807) is 25.5 Å². The van der Waals surface area contributed by atoms with Crippen LogP contribution in [0.15, 0.2) is 23.0 Å². The van der Waals surface area contributed by atoms with Crippen LogP contribution in [0.25, 0.3) is 0 Å². The van der Waals surface area contributed by atoms with Gasteiger partial charge in [0.15, 0.2) is 0 Å². The lowest BCUT2D eigenvalue weighted by atomic mass is 9.96. The molecule has 1 aromatic rings. The molecule has 0 aliphatic heterocycles. The number of hydrogen-bond donors (Lipinski definition) is 1. The van der Waals surface area contributed by atoms with Crippen LogP contribution in [-0.2, 0) is 5.60 Å². The SMILES string of the molecule is CCC(C)(O)c1ccoc1. The Morgan fingerprint density at radius 1 is 1.70 bits per heavy atom. The molecule has 0 spiro atoms. The maximum absolute atomic E-state index is 9.62. The summed E-state index contributed by atoms with van der Waals surface area (Å²) in [4.78, 5) is 0. The van der Waals surface area contributed by atoms with Crippen molar-refractivity contribution in [2.75, 3.05) is 0 Å². The largest absolute Gasteiger partial charge is 0.472 e. The molecule has 1 aromatic heterocycles. The minimum Gasteiger partial charge on any atom is -0.472 e. The van der Waals surface area contributed by atoms with E-state index in [0.717, 1.165) is 5.56 Å². The molecule has 1 unspecified atom stereocenters. The predicted octanol–water partition coefficient (Wildman–Crippen LogP) is 1.90. The molecule has 1 atom stereocenters. The maximum atomic E-state index is 9.62. The zero-order chi connectivity index (χ0) is 7.61. The molecule has 0 saturated carbocycles. The zero-order valence-corrected chi connectivity index (χ0v) is 6.29.